The average molecular weight is 295 g/mol. The van der Waals surface area contributed by atoms with E-state index in [1.807, 2.05) is 6.07 Å². The number of nitrogen functional groups attached to an aromatic ring is 1. The molecule has 0 fully saturated rings. The number of anilines is 1. The molecule has 1 atom stereocenters. The van der Waals surface area contributed by atoms with E-state index in [9.17, 15) is 8.42 Å². The van der Waals surface area contributed by atoms with Crippen molar-refractivity contribution in [3.8, 4) is 0 Å². The molecule has 1 heterocycles. The summed E-state index contributed by atoms with van der Waals surface area (Å²) in [5.74, 6) is 0.358. The van der Waals surface area contributed by atoms with Crippen molar-refractivity contribution in [3.05, 3.63) is 47.3 Å². The SMILES string of the molecule is Cc1cc(CS(=O)(=O)NC(C)c2ccccc2N)no1. The predicted molar refractivity (Wildman–Crippen MR) is 76.3 cm³/mol. The van der Waals surface area contributed by atoms with E-state index in [0.29, 0.717) is 17.1 Å². The molecule has 0 spiro atoms. The highest BCUT2D eigenvalue weighted by molar-refractivity contribution is 7.88. The topological polar surface area (TPSA) is 98.2 Å². The van der Waals surface area contributed by atoms with E-state index in [4.69, 9.17) is 10.3 Å². The summed E-state index contributed by atoms with van der Waals surface area (Å²) in [7, 11) is -3.51. The molecule has 3 N–H and O–H groups in total. The molecule has 1 aromatic carbocycles. The summed E-state index contributed by atoms with van der Waals surface area (Å²) in [6.45, 7) is 3.46. The van der Waals surface area contributed by atoms with E-state index in [1.54, 1.807) is 38.1 Å². The molecular weight excluding hydrogens is 278 g/mol. The van der Waals surface area contributed by atoms with Crippen LogP contribution in [0.1, 0.15) is 30.0 Å². The third kappa shape index (κ3) is 3.58. The summed E-state index contributed by atoms with van der Waals surface area (Å²) in [6, 6.07) is 8.34. The van der Waals surface area contributed by atoms with E-state index >= 15 is 0 Å². The minimum absolute atomic E-state index is 0.221. The number of hydrogen-bond acceptors (Lipinski definition) is 5. The number of aromatic nitrogens is 1. The average Bonchev–Trinajstić information content (AvgIpc) is 2.73. The molecule has 1 aromatic heterocycles. The number of nitrogens with one attached hydrogen (secondary N) is 1. The maximum atomic E-state index is 12.1. The number of sulfonamides is 1. The van der Waals surface area contributed by atoms with Crippen molar-refractivity contribution in [1.29, 1.82) is 0 Å². The van der Waals surface area contributed by atoms with Crippen LogP contribution >= 0.6 is 0 Å². The van der Waals surface area contributed by atoms with E-state index in [-0.39, 0.29) is 5.75 Å². The first kappa shape index (κ1) is 14.5. The van der Waals surface area contributed by atoms with Gasteiger partial charge in [-0.25, -0.2) is 13.1 Å². The molecule has 0 aliphatic heterocycles. The Bertz CT molecular complexity index is 694. The van der Waals surface area contributed by atoms with Crippen molar-refractivity contribution < 1.29 is 12.9 Å². The van der Waals surface area contributed by atoms with Crippen LogP contribution in [0, 0.1) is 6.92 Å². The molecule has 108 valence electrons. The van der Waals surface area contributed by atoms with Gasteiger partial charge in [0.05, 0.1) is 0 Å². The second-order valence-electron chi connectivity index (χ2n) is 4.66. The zero-order valence-electron chi connectivity index (χ0n) is 11.3. The van der Waals surface area contributed by atoms with Crippen LogP contribution in [0.25, 0.3) is 0 Å². The summed E-state index contributed by atoms with van der Waals surface area (Å²) in [6.07, 6.45) is 0. The van der Waals surface area contributed by atoms with Gasteiger partial charge in [0.15, 0.2) is 0 Å². The second kappa shape index (κ2) is 5.64. The van der Waals surface area contributed by atoms with Crippen LogP contribution in [0.2, 0.25) is 0 Å². The standard InChI is InChI=1S/C13H17N3O3S/c1-9-7-11(15-19-9)8-20(17,18)16-10(2)12-5-3-4-6-13(12)14/h3-7,10,16H,8,14H2,1-2H3. The lowest BCUT2D eigenvalue weighted by atomic mass is 10.1. The molecule has 0 bridgehead atoms. The number of aryl methyl sites for hydroxylation is 1. The molecule has 0 saturated carbocycles. The number of benzene rings is 1. The molecule has 1 unspecified atom stereocenters. The molecular formula is C13H17N3O3S. The Kier molecular flexibility index (Phi) is 4.10. The Morgan fingerprint density at radius 2 is 2.10 bits per heavy atom. The van der Waals surface area contributed by atoms with Gasteiger partial charge in [0, 0.05) is 17.8 Å². The van der Waals surface area contributed by atoms with Gasteiger partial charge in [-0.2, -0.15) is 0 Å². The van der Waals surface area contributed by atoms with Crippen molar-refractivity contribution in [2.45, 2.75) is 25.6 Å². The minimum atomic E-state index is -3.51. The van der Waals surface area contributed by atoms with Gasteiger partial charge in [-0.1, -0.05) is 23.4 Å². The van der Waals surface area contributed by atoms with Gasteiger partial charge < -0.3 is 10.3 Å². The quantitative estimate of drug-likeness (QED) is 0.819. The van der Waals surface area contributed by atoms with Crippen LogP contribution in [0.3, 0.4) is 0 Å². The van der Waals surface area contributed by atoms with Crippen LogP contribution < -0.4 is 10.5 Å². The number of para-hydroxylation sites is 1. The summed E-state index contributed by atoms with van der Waals surface area (Å²) >= 11 is 0. The van der Waals surface area contributed by atoms with E-state index in [2.05, 4.69) is 9.88 Å². The van der Waals surface area contributed by atoms with Crippen LogP contribution in [0.15, 0.2) is 34.9 Å². The first-order valence-corrected chi connectivity index (χ1v) is 7.79. The van der Waals surface area contributed by atoms with Crippen LogP contribution in [-0.4, -0.2) is 13.6 Å². The van der Waals surface area contributed by atoms with Gasteiger partial charge in [0.2, 0.25) is 10.0 Å². The molecule has 2 rings (SSSR count). The molecule has 0 radical (unpaired) electrons. The summed E-state index contributed by atoms with van der Waals surface area (Å²) in [5.41, 5.74) is 7.51. The van der Waals surface area contributed by atoms with Gasteiger partial charge >= 0.3 is 0 Å². The molecule has 0 aliphatic rings. The van der Waals surface area contributed by atoms with E-state index in [1.165, 1.54) is 0 Å². The third-order valence-electron chi connectivity index (χ3n) is 2.83. The fraction of sp³-hybridized carbons (Fsp3) is 0.308. The summed E-state index contributed by atoms with van der Waals surface area (Å²) in [4.78, 5) is 0. The maximum absolute atomic E-state index is 12.1. The summed E-state index contributed by atoms with van der Waals surface area (Å²) in [5, 5.41) is 3.68. The Hall–Kier alpha value is -1.86. The number of rotatable bonds is 5. The Labute approximate surface area is 118 Å². The van der Waals surface area contributed by atoms with Crippen molar-refractivity contribution in [2.24, 2.45) is 0 Å². The first-order valence-electron chi connectivity index (χ1n) is 6.14. The highest BCUT2D eigenvalue weighted by Crippen LogP contribution is 2.20. The molecule has 0 aliphatic carbocycles. The highest BCUT2D eigenvalue weighted by Gasteiger charge is 2.19. The lowest BCUT2D eigenvalue weighted by Gasteiger charge is -2.15. The molecule has 2 aromatic rings. The van der Waals surface area contributed by atoms with Crippen molar-refractivity contribution in [3.63, 3.8) is 0 Å². The molecule has 7 heteroatoms. The first-order chi connectivity index (χ1) is 9.37. The van der Waals surface area contributed by atoms with Crippen LogP contribution in [-0.2, 0) is 15.8 Å². The van der Waals surface area contributed by atoms with Gasteiger partial charge in [-0.05, 0) is 25.5 Å². The monoisotopic (exact) mass is 295 g/mol. The fourth-order valence-corrected chi connectivity index (χ4v) is 3.23. The zero-order chi connectivity index (χ0) is 14.8. The van der Waals surface area contributed by atoms with Gasteiger partial charge in [0.1, 0.15) is 17.2 Å². The van der Waals surface area contributed by atoms with Crippen LogP contribution in [0.4, 0.5) is 5.69 Å². The van der Waals surface area contributed by atoms with Crippen LogP contribution in [0.5, 0.6) is 0 Å². The largest absolute Gasteiger partial charge is 0.398 e. The van der Waals surface area contributed by atoms with Crippen molar-refractivity contribution in [2.75, 3.05) is 5.73 Å². The lowest BCUT2D eigenvalue weighted by Crippen LogP contribution is -2.28. The van der Waals surface area contributed by atoms with Gasteiger partial charge in [-0.15, -0.1) is 0 Å². The van der Waals surface area contributed by atoms with Crippen molar-refractivity contribution in [1.82, 2.24) is 9.88 Å². The van der Waals surface area contributed by atoms with E-state index in [0.717, 1.165) is 5.56 Å². The molecule has 20 heavy (non-hydrogen) atoms. The maximum Gasteiger partial charge on any atom is 0.218 e. The highest BCUT2D eigenvalue weighted by atomic mass is 32.2. The van der Waals surface area contributed by atoms with Crippen molar-refractivity contribution >= 4 is 15.7 Å². The summed E-state index contributed by atoms with van der Waals surface area (Å²) < 4.78 is 31.6. The molecule has 0 amide bonds. The number of hydrogen-bond donors (Lipinski definition) is 2. The smallest absolute Gasteiger partial charge is 0.218 e. The predicted octanol–water partition coefficient (Wildman–Crippen LogP) is 1.75. The molecule has 0 saturated heterocycles. The lowest BCUT2D eigenvalue weighted by molar-refractivity contribution is 0.392. The fourth-order valence-electron chi connectivity index (χ4n) is 1.96. The minimum Gasteiger partial charge on any atom is -0.398 e. The third-order valence-corrected chi connectivity index (χ3v) is 4.22. The Morgan fingerprint density at radius 1 is 1.40 bits per heavy atom. The Morgan fingerprint density at radius 3 is 2.70 bits per heavy atom. The second-order valence-corrected chi connectivity index (χ2v) is 6.41. The zero-order valence-corrected chi connectivity index (χ0v) is 12.1. The Balaban J connectivity index is 2.10. The van der Waals surface area contributed by atoms with E-state index < -0.39 is 16.1 Å². The number of nitrogens with two attached hydrogens (primary N) is 1. The molecule has 6 nitrogen and oxygen atoms in total. The number of nitrogens with zero attached hydrogens (tertiary/aromatic N) is 1. The van der Waals surface area contributed by atoms with Gasteiger partial charge in [0.25, 0.3) is 0 Å². The normalized spacial score (nSPS) is 13.3. The van der Waals surface area contributed by atoms with Gasteiger partial charge in [-0.3, -0.25) is 0 Å².